The summed E-state index contributed by atoms with van der Waals surface area (Å²) < 4.78 is 0. The van der Waals surface area contributed by atoms with Gasteiger partial charge in [0.2, 0.25) is 0 Å². The molecular weight excluding hydrogens is 272 g/mol. The molecule has 6 unspecified atom stereocenters. The van der Waals surface area contributed by atoms with Gasteiger partial charge in [0.1, 0.15) is 0 Å². The summed E-state index contributed by atoms with van der Waals surface area (Å²) in [4.78, 5) is 0. The van der Waals surface area contributed by atoms with Crippen molar-refractivity contribution in [2.24, 2.45) is 46.6 Å². The number of hydrogen-bond donors (Lipinski definition) is 4. The van der Waals surface area contributed by atoms with E-state index in [1.165, 1.54) is 57.8 Å². The van der Waals surface area contributed by atoms with Crippen molar-refractivity contribution in [3.8, 4) is 0 Å². The van der Waals surface area contributed by atoms with Gasteiger partial charge in [-0.2, -0.15) is 0 Å². The lowest BCUT2D eigenvalue weighted by Crippen LogP contribution is -2.55. The Morgan fingerprint density at radius 1 is 0.545 bits per heavy atom. The van der Waals surface area contributed by atoms with Gasteiger partial charge in [-0.25, -0.2) is 0 Å². The van der Waals surface area contributed by atoms with Gasteiger partial charge in [0, 0.05) is 24.2 Å². The third-order valence-electron chi connectivity index (χ3n) is 7.09. The highest BCUT2D eigenvalue weighted by atomic mass is 14.8. The molecule has 0 spiro atoms. The molecule has 3 rings (SSSR count). The monoisotopic (exact) mass is 308 g/mol. The van der Waals surface area contributed by atoms with Gasteiger partial charge in [0.15, 0.2) is 0 Å². The van der Waals surface area contributed by atoms with Crippen LogP contribution in [0.3, 0.4) is 0 Å². The molecule has 3 aliphatic rings. The predicted octanol–water partition coefficient (Wildman–Crippen LogP) is 1.70. The van der Waals surface area contributed by atoms with Gasteiger partial charge >= 0.3 is 0 Å². The minimum absolute atomic E-state index is 0.156. The van der Waals surface area contributed by atoms with Crippen molar-refractivity contribution < 1.29 is 0 Å². The average Bonchev–Trinajstić information content (AvgIpc) is 2.52. The maximum absolute atomic E-state index is 6.51. The Hall–Kier alpha value is -0.160. The second-order valence-electron chi connectivity index (χ2n) is 8.41. The first-order valence-corrected chi connectivity index (χ1v) is 9.58. The zero-order valence-electron chi connectivity index (χ0n) is 14.0. The van der Waals surface area contributed by atoms with E-state index in [0.29, 0.717) is 23.9 Å². The Morgan fingerprint density at radius 3 is 1.95 bits per heavy atom. The van der Waals surface area contributed by atoms with Crippen LogP contribution in [0.2, 0.25) is 0 Å². The lowest BCUT2D eigenvalue weighted by atomic mass is 9.62. The normalized spacial score (nSPS) is 50.7. The number of hydrogen-bond acceptors (Lipinski definition) is 4. The molecular formula is C18H36N4. The Balaban J connectivity index is 1.63. The topological polar surface area (TPSA) is 104 Å². The second kappa shape index (κ2) is 7.16. The molecule has 0 aromatic rings. The van der Waals surface area contributed by atoms with E-state index in [-0.39, 0.29) is 12.1 Å². The van der Waals surface area contributed by atoms with Gasteiger partial charge in [-0.3, -0.25) is 0 Å². The molecule has 0 aromatic carbocycles. The van der Waals surface area contributed by atoms with Crippen LogP contribution in [-0.2, 0) is 0 Å². The summed E-state index contributed by atoms with van der Waals surface area (Å²) in [6.07, 6.45) is 12.4. The first kappa shape index (κ1) is 16.7. The maximum atomic E-state index is 6.51. The second-order valence-corrected chi connectivity index (χ2v) is 8.41. The van der Waals surface area contributed by atoms with Gasteiger partial charge in [0.05, 0.1) is 0 Å². The molecule has 0 aromatic heterocycles. The fraction of sp³-hybridized carbons (Fsp3) is 1.00. The molecule has 22 heavy (non-hydrogen) atoms. The summed E-state index contributed by atoms with van der Waals surface area (Å²) in [5.41, 5.74) is 25.3. The molecule has 128 valence electrons. The average molecular weight is 309 g/mol. The van der Waals surface area contributed by atoms with Crippen LogP contribution in [0.4, 0.5) is 0 Å². The first-order chi connectivity index (χ1) is 10.6. The quantitative estimate of drug-likeness (QED) is 0.623. The van der Waals surface area contributed by atoms with Crippen molar-refractivity contribution in [3.63, 3.8) is 0 Å². The van der Waals surface area contributed by atoms with E-state index < -0.39 is 0 Å². The van der Waals surface area contributed by atoms with Gasteiger partial charge in [-0.15, -0.1) is 0 Å². The van der Waals surface area contributed by atoms with Crippen molar-refractivity contribution in [2.45, 2.75) is 88.4 Å². The number of nitrogens with two attached hydrogens (primary N) is 4. The van der Waals surface area contributed by atoms with Crippen molar-refractivity contribution in [1.29, 1.82) is 0 Å². The van der Waals surface area contributed by atoms with Crippen molar-refractivity contribution >= 4 is 0 Å². The van der Waals surface area contributed by atoms with Crippen LogP contribution in [0.5, 0.6) is 0 Å². The van der Waals surface area contributed by atoms with Crippen LogP contribution in [0, 0.1) is 23.7 Å². The van der Waals surface area contributed by atoms with E-state index in [2.05, 4.69) is 0 Å². The highest BCUT2D eigenvalue weighted by Crippen LogP contribution is 2.44. The third kappa shape index (κ3) is 3.50. The Labute approximate surface area is 135 Å². The molecule has 4 nitrogen and oxygen atoms in total. The van der Waals surface area contributed by atoms with E-state index in [1.807, 2.05) is 0 Å². The smallest absolute Gasteiger partial charge is 0.0224 e. The molecule has 3 saturated carbocycles. The van der Waals surface area contributed by atoms with Crippen molar-refractivity contribution in [3.05, 3.63) is 0 Å². The maximum Gasteiger partial charge on any atom is 0.0224 e. The molecule has 0 saturated heterocycles. The third-order valence-corrected chi connectivity index (χ3v) is 7.09. The van der Waals surface area contributed by atoms with Crippen LogP contribution in [0.15, 0.2) is 0 Å². The fourth-order valence-electron chi connectivity index (χ4n) is 5.59. The summed E-state index contributed by atoms with van der Waals surface area (Å²) in [5.74, 6) is 2.87. The molecule has 8 N–H and O–H groups in total. The van der Waals surface area contributed by atoms with Crippen molar-refractivity contribution in [1.82, 2.24) is 0 Å². The van der Waals surface area contributed by atoms with Crippen LogP contribution in [0.25, 0.3) is 0 Å². The highest BCUT2D eigenvalue weighted by Gasteiger charge is 2.41. The summed E-state index contributed by atoms with van der Waals surface area (Å²) in [5, 5.41) is 0. The first-order valence-electron chi connectivity index (χ1n) is 9.58. The van der Waals surface area contributed by atoms with Crippen molar-refractivity contribution in [2.75, 3.05) is 0 Å². The van der Waals surface area contributed by atoms with Gasteiger partial charge in [-0.1, -0.05) is 6.42 Å². The zero-order valence-corrected chi connectivity index (χ0v) is 14.0. The fourth-order valence-corrected chi connectivity index (χ4v) is 5.59. The standard InChI is InChI=1S/C18H36N4/c19-13-7-4-11(5-8-13)12-6-9-16(20)15(10-12)14-2-1-3-17(21)18(14)22/h11-18H,1-10,19-22H2. The zero-order chi connectivity index (χ0) is 15.7. The van der Waals surface area contributed by atoms with Gasteiger partial charge in [-0.05, 0) is 81.5 Å². The van der Waals surface area contributed by atoms with E-state index in [4.69, 9.17) is 22.9 Å². The largest absolute Gasteiger partial charge is 0.328 e. The predicted molar refractivity (Wildman–Crippen MR) is 92.0 cm³/mol. The van der Waals surface area contributed by atoms with Crippen LogP contribution in [-0.4, -0.2) is 24.2 Å². The van der Waals surface area contributed by atoms with Crippen LogP contribution in [0.1, 0.15) is 64.2 Å². The minimum atomic E-state index is 0.156. The minimum Gasteiger partial charge on any atom is -0.328 e. The molecule has 4 heteroatoms. The molecule has 3 fully saturated rings. The Kier molecular flexibility index (Phi) is 5.43. The highest BCUT2D eigenvalue weighted by molar-refractivity contribution is 4.97. The number of rotatable bonds is 2. The lowest BCUT2D eigenvalue weighted by molar-refractivity contribution is 0.0781. The Bertz CT molecular complexity index is 353. The van der Waals surface area contributed by atoms with Crippen LogP contribution >= 0.6 is 0 Å². The van der Waals surface area contributed by atoms with Gasteiger partial charge < -0.3 is 22.9 Å². The SMILES string of the molecule is NC1CCC(C2CCC(N)C(C3CCCC(N)C3N)C2)CC1. The Morgan fingerprint density at radius 2 is 1.23 bits per heavy atom. The van der Waals surface area contributed by atoms with E-state index in [1.54, 1.807) is 0 Å². The molecule has 0 heterocycles. The summed E-state index contributed by atoms with van der Waals surface area (Å²) in [6, 6.07) is 1.12. The summed E-state index contributed by atoms with van der Waals surface area (Å²) >= 11 is 0. The van der Waals surface area contributed by atoms with E-state index in [0.717, 1.165) is 18.3 Å². The lowest BCUT2D eigenvalue weighted by Gasteiger charge is -2.46. The molecule has 0 amide bonds. The van der Waals surface area contributed by atoms with E-state index in [9.17, 15) is 0 Å². The molecule has 0 radical (unpaired) electrons. The molecule has 6 atom stereocenters. The van der Waals surface area contributed by atoms with Crippen LogP contribution < -0.4 is 22.9 Å². The summed E-state index contributed by atoms with van der Waals surface area (Å²) in [7, 11) is 0. The molecule has 3 aliphatic carbocycles. The summed E-state index contributed by atoms with van der Waals surface area (Å²) in [6.45, 7) is 0. The van der Waals surface area contributed by atoms with E-state index >= 15 is 0 Å². The van der Waals surface area contributed by atoms with Gasteiger partial charge in [0.25, 0.3) is 0 Å². The molecule has 0 aliphatic heterocycles. The molecule has 0 bridgehead atoms.